The number of nitrogens with one attached hydrogen (secondary N) is 1. The molecule has 15 heavy (non-hydrogen) atoms. The van der Waals surface area contributed by atoms with Crippen LogP contribution in [-0.4, -0.2) is 24.2 Å². The average Bonchev–Trinajstić information content (AvgIpc) is 2.68. The number of hydrogen-bond acceptors (Lipinski definition) is 2. The van der Waals surface area contributed by atoms with Crippen molar-refractivity contribution < 1.29 is 0 Å². The van der Waals surface area contributed by atoms with E-state index in [0.717, 1.165) is 19.1 Å². The van der Waals surface area contributed by atoms with Gasteiger partial charge in [-0.05, 0) is 11.5 Å². The van der Waals surface area contributed by atoms with Gasteiger partial charge >= 0.3 is 0 Å². The lowest BCUT2D eigenvalue weighted by atomic mass is 10.1. The molecule has 1 saturated heterocycles. The molecule has 0 aromatic heterocycles. The van der Waals surface area contributed by atoms with Crippen molar-refractivity contribution >= 4 is 0 Å². The van der Waals surface area contributed by atoms with E-state index in [1.807, 2.05) is 0 Å². The Morgan fingerprint density at radius 2 is 2.07 bits per heavy atom. The van der Waals surface area contributed by atoms with Crippen molar-refractivity contribution in [3.63, 3.8) is 0 Å². The maximum atomic E-state index is 3.55. The van der Waals surface area contributed by atoms with Crippen LogP contribution < -0.4 is 5.32 Å². The molecule has 1 aliphatic heterocycles. The Morgan fingerprint density at radius 3 is 2.67 bits per heavy atom. The molecule has 1 fully saturated rings. The van der Waals surface area contributed by atoms with E-state index in [9.17, 15) is 0 Å². The zero-order valence-electron chi connectivity index (χ0n) is 9.61. The molecule has 0 spiro atoms. The first kappa shape index (κ1) is 10.7. The van der Waals surface area contributed by atoms with Gasteiger partial charge in [0, 0.05) is 25.8 Å². The lowest BCUT2D eigenvalue weighted by molar-refractivity contribution is 0.316. The molecule has 1 aromatic carbocycles. The largest absolute Gasteiger partial charge is 0.300 e. The van der Waals surface area contributed by atoms with E-state index in [1.54, 1.807) is 0 Å². The van der Waals surface area contributed by atoms with Gasteiger partial charge in [0.25, 0.3) is 0 Å². The zero-order chi connectivity index (χ0) is 10.7. The SMILES string of the molecule is CC(C)C1CN(Cc2ccccc2)CN1. The van der Waals surface area contributed by atoms with Crippen molar-refractivity contribution in [1.82, 2.24) is 10.2 Å². The van der Waals surface area contributed by atoms with Gasteiger partial charge in [0.1, 0.15) is 0 Å². The molecule has 1 atom stereocenters. The lowest BCUT2D eigenvalue weighted by Gasteiger charge is -2.16. The molecule has 0 radical (unpaired) electrons. The molecule has 2 nitrogen and oxygen atoms in total. The van der Waals surface area contributed by atoms with Crippen molar-refractivity contribution in [2.24, 2.45) is 5.92 Å². The summed E-state index contributed by atoms with van der Waals surface area (Å²) in [5, 5.41) is 3.55. The lowest BCUT2D eigenvalue weighted by Crippen LogP contribution is -2.29. The van der Waals surface area contributed by atoms with E-state index >= 15 is 0 Å². The van der Waals surface area contributed by atoms with Crippen LogP contribution in [0.5, 0.6) is 0 Å². The summed E-state index contributed by atoms with van der Waals surface area (Å²) in [4.78, 5) is 2.47. The van der Waals surface area contributed by atoms with Gasteiger partial charge in [-0.25, -0.2) is 0 Å². The molecule has 1 aliphatic rings. The highest BCUT2D eigenvalue weighted by atomic mass is 15.3. The highest BCUT2D eigenvalue weighted by Gasteiger charge is 2.23. The Balaban J connectivity index is 1.88. The molecule has 0 bridgehead atoms. The maximum absolute atomic E-state index is 3.55. The van der Waals surface area contributed by atoms with Gasteiger partial charge in [0.15, 0.2) is 0 Å². The summed E-state index contributed by atoms with van der Waals surface area (Å²) < 4.78 is 0. The molecule has 2 rings (SSSR count). The second kappa shape index (κ2) is 4.77. The Morgan fingerprint density at radius 1 is 1.33 bits per heavy atom. The van der Waals surface area contributed by atoms with Gasteiger partial charge in [-0.15, -0.1) is 0 Å². The smallest absolute Gasteiger partial charge is 0.0487 e. The van der Waals surface area contributed by atoms with Crippen LogP contribution in [0.25, 0.3) is 0 Å². The van der Waals surface area contributed by atoms with Crippen LogP contribution in [0.2, 0.25) is 0 Å². The van der Waals surface area contributed by atoms with Crippen LogP contribution in [0.4, 0.5) is 0 Å². The molecular formula is C13H20N2. The third-order valence-electron chi connectivity index (χ3n) is 3.09. The van der Waals surface area contributed by atoms with Gasteiger partial charge in [-0.3, -0.25) is 10.2 Å². The fourth-order valence-corrected chi connectivity index (χ4v) is 2.06. The van der Waals surface area contributed by atoms with Crippen LogP contribution in [0.15, 0.2) is 30.3 Å². The summed E-state index contributed by atoms with van der Waals surface area (Å²) in [5.74, 6) is 0.728. The van der Waals surface area contributed by atoms with Crippen LogP contribution >= 0.6 is 0 Å². The molecule has 2 heteroatoms. The number of benzene rings is 1. The number of nitrogens with zero attached hydrogens (tertiary/aromatic N) is 1. The first-order chi connectivity index (χ1) is 7.25. The van der Waals surface area contributed by atoms with Crippen LogP contribution in [0.3, 0.4) is 0 Å². The monoisotopic (exact) mass is 204 g/mol. The predicted octanol–water partition coefficient (Wildman–Crippen LogP) is 2.07. The fraction of sp³-hybridized carbons (Fsp3) is 0.538. The molecule has 82 valence electrons. The second-order valence-electron chi connectivity index (χ2n) is 4.71. The van der Waals surface area contributed by atoms with Crippen molar-refractivity contribution in [3.8, 4) is 0 Å². The fourth-order valence-electron chi connectivity index (χ4n) is 2.06. The maximum Gasteiger partial charge on any atom is 0.0487 e. The van der Waals surface area contributed by atoms with Crippen LogP contribution in [-0.2, 0) is 6.54 Å². The predicted molar refractivity (Wildman–Crippen MR) is 63.5 cm³/mol. The Labute approximate surface area is 92.3 Å². The molecule has 0 aliphatic carbocycles. The first-order valence-electron chi connectivity index (χ1n) is 5.75. The average molecular weight is 204 g/mol. The normalized spacial score (nSPS) is 22.5. The van der Waals surface area contributed by atoms with Gasteiger partial charge < -0.3 is 0 Å². The first-order valence-corrected chi connectivity index (χ1v) is 5.75. The van der Waals surface area contributed by atoms with E-state index in [4.69, 9.17) is 0 Å². The van der Waals surface area contributed by atoms with Gasteiger partial charge in [-0.2, -0.15) is 0 Å². The van der Waals surface area contributed by atoms with Gasteiger partial charge in [0.2, 0.25) is 0 Å². The topological polar surface area (TPSA) is 15.3 Å². The van der Waals surface area contributed by atoms with Crippen molar-refractivity contribution in [1.29, 1.82) is 0 Å². The summed E-state index contributed by atoms with van der Waals surface area (Å²) >= 11 is 0. The second-order valence-corrected chi connectivity index (χ2v) is 4.71. The van der Waals surface area contributed by atoms with E-state index in [-0.39, 0.29) is 0 Å². The van der Waals surface area contributed by atoms with Crippen molar-refractivity contribution in [2.75, 3.05) is 13.2 Å². The van der Waals surface area contributed by atoms with Crippen molar-refractivity contribution in [3.05, 3.63) is 35.9 Å². The third-order valence-corrected chi connectivity index (χ3v) is 3.09. The minimum absolute atomic E-state index is 0.661. The molecule has 0 saturated carbocycles. The molecular weight excluding hydrogens is 184 g/mol. The molecule has 1 unspecified atom stereocenters. The minimum Gasteiger partial charge on any atom is -0.300 e. The van der Waals surface area contributed by atoms with Gasteiger partial charge in [0.05, 0.1) is 0 Å². The van der Waals surface area contributed by atoms with Crippen LogP contribution in [0.1, 0.15) is 19.4 Å². The highest BCUT2D eigenvalue weighted by Crippen LogP contribution is 2.12. The standard InChI is InChI=1S/C13H20N2/c1-11(2)13-9-15(10-14-13)8-12-6-4-3-5-7-12/h3-7,11,13-14H,8-10H2,1-2H3. The summed E-state index contributed by atoms with van der Waals surface area (Å²) in [5.41, 5.74) is 1.41. The number of hydrogen-bond donors (Lipinski definition) is 1. The summed E-state index contributed by atoms with van der Waals surface area (Å²) in [6, 6.07) is 11.3. The molecule has 1 aromatic rings. The van der Waals surface area contributed by atoms with E-state index in [1.165, 1.54) is 12.1 Å². The van der Waals surface area contributed by atoms with E-state index in [0.29, 0.717) is 6.04 Å². The summed E-state index contributed by atoms with van der Waals surface area (Å²) in [7, 11) is 0. The van der Waals surface area contributed by atoms with Crippen molar-refractivity contribution in [2.45, 2.75) is 26.4 Å². The molecule has 0 amide bonds. The molecule has 1 heterocycles. The molecule has 1 N–H and O–H groups in total. The van der Waals surface area contributed by atoms with E-state index < -0.39 is 0 Å². The minimum atomic E-state index is 0.661. The highest BCUT2D eigenvalue weighted by molar-refractivity contribution is 5.14. The Hall–Kier alpha value is -0.860. The quantitative estimate of drug-likeness (QED) is 0.811. The summed E-state index contributed by atoms with van der Waals surface area (Å²) in [6.45, 7) is 7.83. The Kier molecular flexibility index (Phi) is 3.39. The van der Waals surface area contributed by atoms with Crippen LogP contribution in [0, 0.1) is 5.92 Å². The third kappa shape index (κ3) is 2.80. The number of rotatable bonds is 3. The van der Waals surface area contributed by atoms with E-state index in [2.05, 4.69) is 54.4 Å². The Bertz CT molecular complexity index is 295. The summed E-state index contributed by atoms with van der Waals surface area (Å²) in [6.07, 6.45) is 0. The zero-order valence-corrected chi connectivity index (χ0v) is 9.61. The van der Waals surface area contributed by atoms with Gasteiger partial charge in [-0.1, -0.05) is 44.2 Å².